The molecule has 0 bridgehead atoms. The third-order valence-corrected chi connectivity index (χ3v) is 3.12. The minimum Gasteiger partial charge on any atom is -0.383 e. The fourth-order valence-electron chi connectivity index (χ4n) is 1.65. The summed E-state index contributed by atoms with van der Waals surface area (Å²) in [6, 6.07) is 1.65. The second-order valence-electron chi connectivity index (χ2n) is 4.05. The van der Waals surface area contributed by atoms with E-state index in [0.29, 0.717) is 18.5 Å². The Balaban J connectivity index is 1.94. The van der Waals surface area contributed by atoms with Crippen LogP contribution in [0.4, 0.5) is 5.82 Å². The number of hydrogen-bond donors (Lipinski definition) is 2. The van der Waals surface area contributed by atoms with Crippen LogP contribution in [0.5, 0.6) is 0 Å². The highest BCUT2D eigenvalue weighted by Crippen LogP contribution is 2.15. The zero-order chi connectivity index (χ0) is 13.8. The van der Waals surface area contributed by atoms with Crippen LogP contribution in [0.25, 0.3) is 0 Å². The number of halogens is 1. The maximum absolute atomic E-state index is 12.0. The molecule has 0 atom stereocenters. The van der Waals surface area contributed by atoms with Crippen molar-refractivity contribution in [1.82, 2.24) is 19.9 Å². The Morgan fingerprint density at radius 2 is 2.32 bits per heavy atom. The molecular formula is C12H14BrN5O. The first-order chi connectivity index (χ1) is 9.08. The number of amides is 1. The zero-order valence-electron chi connectivity index (χ0n) is 10.4. The predicted molar refractivity (Wildman–Crippen MR) is 75.6 cm³/mol. The monoisotopic (exact) mass is 323 g/mol. The third kappa shape index (κ3) is 3.31. The van der Waals surface area contributed by atoms with Crippen LogP contribution in [0.15, 0.2) is 29.1 Å². The van der Waals surface area contributed by atoms with Crippen molar-refractivity contribution < 1.29 is 4.79 Å². The first-order valence-corrected chi connectivity index (χ1v) is 6.52. The molecule has 0 saturated carbocycles. The highest BCUT2D eigenvalue weighted by Gasteiger charge is 2.11. The molecule has 6 nitrogen and oxygen atoms in total. The number of nitrogens with one attached hydrogen (secondary N) is 1. The molecule has 3 N–H and O–H groups in total. The molecule has 0 aromatic carbocycles. The summed E-state index contributed by atoms with van der Waals surface area (Å²) in [5, 5.41) is 2.80. The van der Waals surface area contributed by atoms with Gasteiger partial charge in [0, 0.05) is 43.1 Å². The van der Waals surface area contributed by atoms with E-state index in [4.69, 9.17) is 5.73 Å². The molecule has 2 rings (SSSR count). The Bertz CT molecular complexity index is 596. The van der Waals surface area contributed by atoms with Gasteiger partial charge in [0.05, 0.1) is 5.56 Å². The van der Waals surface area contributed by atoms with Gasteiger partial charge in [-0.2, -0.15) is 0 Å². The van der Waals surface area contributed by atoms with Crippen molar-refractivity contribution >= 4 is 27.7 Å². The number of imidazole rings is 1. The molecule has 2 heterocycles. The molecule has 2 aromatic rings. The van der Waals surface area contributed by atoms with Gasteiger partial charge in [-0.3, -0.25) is 4.79 Å². The van der Waals surface area contributed by atoms with E-state index in [1.54, 1.807) is 18.5 Å². The van der Waals surface area contributed by atoms with Crippen molar-refractivity contribution in [2.75, 3.05) is 12.3 Å². The van der Waals surface area contributed by atoms with Crippen molar-refractivity contribution in [3.05, 3.63) is 40.5 Å². The summed E-state index contributed by atoms with van der Waals surface area (Å²) in [7, 11) is 1.92. The molecule has 0 aliphatic rings. The van der Waals surface area contributed by atoms with E-state index < -0.39 is 0 Å². The van der Waals surface area contributed by atoms with Crippen molar-refractivity contribution in [1.29, 1.82) is 0 Å². The second kappa shape index (κ2) is 5.83. The largest absolute Gasteiger partial charge is 0.383 e. The van der Waals surface area contributed by atoms with Crippen LogP contribution in [0.1, 0.15) is 16.2 Å². The van der Waals surface area contributed by atoms with Gasteiger partial charge in [-0.15, -0.1) is 0 Å². The maximum Gasteiger partial charge on any atom is 0.255 e. The number of pyridine rings is 1. The van der Waals surface area contributed by atoms with Crippen LogP contribution in [0.3, 0.4) is 0 Å². The minimum atomic E-state index is -0.236. The van der Waals surface area contributed by atoms with E-state index >= 15 is 0 Å². The summed E-state index contributed by atoms with van der Waals surface area (Å²) in [4.78, 5) is 20.1. The summed E-state index contributed by atoms with van der Waals surface area (Å²) in [5.74, 6) is 0.902. The minimum absolute atomic E-state index is 0.220. The van der Waals surface area contributed by atoms with Gasteiger partial charge >= 0.3 is 0 Å². The molecule has 100 valence electrons. The van der Waals surface area contributed by atoms with Gasteiger partial charge in [-0.05, 0) is 22.0 Å². The highest BCUT2D eigenvalue weighted by molar-refractivity contribution is 9.10. The number of carbonyl (C=O) groups is 1. The molecule has 1 amide bonds. The number of aromatic nitrogens is 3. The molecule has 0 saturated heterocycles. The predicted octanol–water partition coefficient (Wildman–Crippen LogP) is 1.13. The van der Waals surface area contributed by atoms with Gasteiger partial charge in [-0.25, -0.2) is 9.97 Å². The third-order valence-electron chi connectivity index (χ3n) is 2.68. The van der Waals surface area contributed by atoms with Crippen LogP contribution in [-0.4, -0.2) is 27.0 Å². The van der Waals surface area contributed by atoms with Crippen molar-refractivity contribution in [2.45, 2.75) is 6.42 Å². The van der Waals surface area contributed by atoms with Gasteiger partial charge in [0.25, 0.3) is 5.91 Å². The van der Waals surface area contributed by atoms with Crippen LogP contribution >= 0.6 is 15.9 Å². The molecule has 19 heavy (non-hydrogen) atoms. The lowest BCUT2D eigenvalue weighted by Crippen LogP contribution is -2.27. The van der Waals surface area contributed by atoms with Crippen molar-refractivity contribution in [3.8, 4) is 0 Å². The van der Waals surface area contributed by atoms with Gasteiger partial charge in [-0.1, -0.05) is 0 Å². The number of anilines is 1. The van der Waals surface area contributed by atoms with Gasteiger partial charge < -0.3 is 15.6 Å². The molecule has 7 heteroatoms. The fourth-order valence-corrected chi connectivity index (χ4v) is 1.98. The quantitative estimate of drug-likeness (QED) is 0.883. The zero-order valence-corrected chi connectivity index (χ0v) is 12.0. The van der Waals surface area contributed by atoms with Crippen LogP contribution in [0, 0.1) is 0 Å². The summed E-state index contributed by atoms with van der Waals surface area (Å²) >= 11 is 3.26. The normalized spacial score (nSPS) is 10.4. The van der Waals surface area contributed by atoms with Gasteiger partial charge in [0.1, 0.15) is 11.6 Å². The first kappa shape index (κ1) is 13.5. The first-order valence-electron chi connectivity index (χ1n) is 5.73. The Kier molecular flexibility index (Phi) is 4.16. The molecule has 2 aromatic heterocycles. The lowest BCUT2D eigenvalue weighted by Gasteiger charge is -2.07. The van der Waals surface area contributed by atoms with E-state index in [-0.39, 0.29) is 11.7 Å². The van der Waals surface area contributed by atoms with Crippen LogP contribution < -0.4 is 11.1 Å². The summed E-state index contributed by atoms with van der Waals surface area (Å²) in [6.07, 6.45) is 5.82. The molecule has 0 unspecified atom stereocenters. The standard InChI is InChI=1S/C12H14BrN5O/c1-18-5-4-15-10(18)2-3-16-12(19)9-6-8(13)7-17-11(9)14/h4-7H,2-3H2,1H3,(H2,14,17)(H,16,19). The molecule has 0 fully saturated rings. The summed E-state index contributed by atoms with van der Waals surface area (Å²) in [5.41, 5.74) is 6.04. The number of nitrogens with two attached hydrogens (primary N) is 1. The number of aryl methyl sites for hydroxylation is 1. The fraction of sp³-hybridized carbons (Fsp3) is 0.250. The van der Waals surface area contributed by atoms with Gasteiger partial charge in [0.2, 0.25) is 0 Å². The average Bonchev–Trinajstić information content (AvgIpc) is 2.78. The SMILES string of the molecule is Cn1ccnc1CCNC(=O)c1cc(Br)cnc1N. The average molecular weight is 324 g/mol. The van der Waals surface area contributed by atoms with E-state index in [1.165, 1.54) is 0 Å². The summed E-state index contributed by atoms with van der Waals surface area (Å²) in [6.45, 7) is 0.496. The number of nitrogens with zero attached hydrogens (tertiary/aromatic N) is 3. The molecule has 0 radical (unpaired) electrons. The van der Waals surface area contributed by atoms with Crippen molar-refractivity contribution in [3.63, 3.8) is 0 Å². The van der Waals surface area contributed by atoms with Gasteiger partial charge in [0.15, 0.2) is 0 Å². The topological polar surface area (TPSA) is 85.8 Å². The number of rotatable bonds is 4. The lowest BCUT2D eigenvalue weighted by atomic mass is 10.2. The van der Waals surface area contributed by atoms with Crippen molar-refractivity contribution in [2.24, 2.45) is 7.05 Å². The summed E-state index contributed by atoms with van der Waals surface area (Å²) < 4.78 is 2.64. The Hall–Kier alpha value is -1.89. The Morgan fingerprint density at radius 1 is 1.53 bits per heavy atom. The molecule has 0 aliphatic heterocycles. The van der Waals surface area contributed by atoms with E-state index in [0.717, 1.165) is 10.3 Å². The molecule has 0 spiro atoms. The Morgan fingerprint density at radius 3 is 3.00 bits per heavy atom. The number of nitrogen functional groups attached to an aromatic ring is 1. The lowest BCUT2D eigenvalue weighted by molar-refractivity contribution is 0.0954. The maximum atomic E-state index is 12.0. The van der Waals surface area contributed by atoms with Crippen LogP contribution in [-0.2, 0) is 13.5 Å². The Labute approximate surface area is 119 Å². The number of carbonyl (C=O) groups excluding carboxylic acids is 1. The molecular weight excluding hydrogens is 310 g/mol. The van der Waals surface area contributed by atoms with E-state index in [1.807, 2.05) is 17.8 Å². The number of hydrogen-bond acceptors (Lipinski definition) is 4. The van der Waals surface area contributed by atoms with Crippen LogP contribution in [0.2, 0.25) is 0 Å². The second-order valence-corrected chi connectivity index (χ2v) is 4.96. The highest BCUT2D eigenvalue weighted by atomic mass is 79.9. The smallest absolute Gasteiger partial charge is 0.255 e. The molecule has 0 aliphatic carbocycles. The van der Waals surface area contributed by atoms with E-state index in [2.05, 4.69) is 31.2 Å². The van der Waals surface area contributed by atoms with E-state index in [9.17, 15) is 4.79 Å².